The normalized spacial score (nSPS) is 10.5. The Morgan fingerprint density at radius 1 is 0.871 bits per heavy atom. The number of nitrogens with zero attached hydrogens (tertiary/aromatic N) is 1. The molecule has 2 aromatic carbocycles. The lowest BCUT2D eigenvalue weighted by atomic mass is 10.1. The Morgan fingerprint density at radius 2 is 1.58 bits per heavy atom. The van der Waals surface area contributed by atoms with Gasteiger partial charge in [0, 0.05) is 29.1 Å². The summed E-state index contributed by atoms with van der Waals surface area (Å²) in [6.07, 6.45) is 0. The van der Waals surface area contributed by atoms with Crippen LogP contribution in [0.4, 0.5) is 17.1 Å². The van der Waals surface area contributed by atoms with Gasteiger partial charge in [-0.15, -0.1) is 11.3 Å². The monoisotopic (exact) mass is 433 g/mol. The van der Waals surface area contributed by atoms with Gasteiger partial charge in [0.15, 0.2) is 5.76 Å². The lowest BCUT2D eigenvalue weighted by Crippen LogP contribution is -2.12. The molecular weight excluding hydrogens is 418 g/mol. The zero-order valence-corrected chi connectivity index (χ0v) is 16.7. The largest absolute Gasteiger partial charge is 0.451 e. The first-order valence-corrected chi connectivity index (χ1v) is 9.98. The second-order valence-electron chi connectivity index (χ2n) is 6.43. The third kappa shape index (κ3) is 4.68. The Bertz CT molecular complexity index is 1250. The van der Waals surface area contributed by atoms with E-state index in [1.54, 1.807) is 54.6 Å². The van der Waals surface area contributed by atoms with E-state index in [4.69, 9.17) is 4.42 Å². The predicted octanol–water partition coefficient (Wildman–Crippen LogP) is 5.42. The maximum atomic E-state index is 12.5. The minimum absolute atomic E-state index is 0.0637. The van der Waals surface area contributed by atoms with Gasteiger partial charge in [-0.1, -0.05) is 18.2 Å². The molecule has 0 saturated carbocycles. The molecule has 154 valence electrons. The van der Waals surface area contributed by atoms with E-state index in [1.165, 1.54) is 29.5 Å². The molecule has 0 aliphatic carbocycles. The Kier molecular flexibility index (Phi) is 5.59. The number of furan rings is 1. The number of nitro benzene ring substituents is 1. The Hall–Kier alpha value is -4.24. The molecule has 0 saturated heterocycles. The van der Waals surface area contributed by atoms with Crippen LogP contribution in [-0.2, 0) is 0 Å². The maximum Gasteiger partial charge on any atom is 0.291 e. The minimum atomic E-state index is -0.493. The molecule has 0 unspecified atom stereocenters. The van der Waals surface area contributed by atoms with Crippen molar-refractivity contribution in [1.29, 1.82) is 0 Å². The number of hydrogen-bond donors (Lipinski definition) is 2. The van der Waals surface area contributed by atoms with Gasteiger partial charge in [-0.2, -0.15) is 0 Å². The van der Waals surface area contributed by atoms with Crippen LogP contribution < -0.4 is 10.6 Å². The molecule has 0 aliphatic rings. The van der Waals surface area contributed by atoms with Crippen LogP contribution in [0.15, 0.2) is 82.6 Å². The van der Waals surface area contributed by atoms with Gasteiger partial charge in [0.2, 0.25) is 0 Å². The molecule has 2 amide bonds. The van der Waals surface area contributed by atoms with Crippen molar-refractivity contribution in [2.24, 2.45) is 0 Å². The summed E-state index contributed by atoms with van der Waals surface area (Å²) in [6.45, 7) is 0. The van der Waals surface area contributed by atoms with Gasteiger partial charge in [-0.25, -0.2) is 0 Å². The number of rotatable bonds is 6. The van der Waals surface area contributed by atoms with Crippen LogP contribution in [-0.4, -0.2) is 16.7 Å². The first-order chi connectivity index (χ1) is 15.0. The Labute approximate surface area is 180 Å². The summed E-state index contributed by atoms with van der Waals surface area (Å²) in [7, 11) is 0. The molecule has 0 fully saturated rings. The highest BCUT2D eigenvalue weighted by Gasteiger charge is 2.15. The van der Waals surface area contributed by atoms with E-state index in [2.05, 4.69) is 10.6 Å². The molecule has 9 heteroatoms. The van der Waals surface area contributed by atoms with E-state index >= 15 is 0 Å². The van der Waals surface area contributed by atoms with Gasteiger partial charge in [-0.3, -0.25) is 19.7 Å². The fraction of sp³-hybridized carbons (Fsp3) is 0. The smallest absolute Gasteiger partial charge is 0.291 e. The molecule has 0 bridgehead atoms. The molecule has 8 nitrogen and oxygen atoms in total. The molecule has 2 aromatic heterocycles. The number of non-ortho nitro benzene ring substituents is 1. The van der Waals surface area contributed by atoms with E-state index in [0.29, 0.717) is 27.6 Å². The molecule has 4 rings (SSSR count). The van der Waals surface area contributed by atoms with Crippen LogP contribution in [0.1, 0.15) is 20.2 Å². The summed E-state index contributed by atoms with van der Waals surface area (Å²) in [4.78, 5) is 35.6. The van der Waals surface area contributed by atoms with Crippen LogP contribution >= 0.6 is 11.3 Å². The zero-order chi connectivity index (χ0) is 21.8. The number of anilines is 2. The third-order valence-electron chi connectivity index (χ3n) is 4.32. The molecule has 4 aromatic rings. The summed E-state index contributed by atoms with van der Waals surface area (Å²) in [5.41, 5.74) is 1.56. The summed E-state index contributed by atoms with van der Waals surface area (Å²) in [5, 5.41) is 18.2. The number of hydrogen-bond acceptors (Lipinski definition) is 6. The zero-order valence-electron chi connectivity index (χ0n) is 15.9. The van der Waals surface area contributed by atoms with Crippen LogP contribution in [0.2, 0.25) is 0 Å². The maximum absolute atomic E-state index is 12.5. The standard InChI is InChI=1S/C22H15N3O5S/c26-21(19-11-10-18(30-19)14-3-1-4-17(13-14)25(28)29)23-15-6-8-16(9-7-15)24-22(27)20-5-2-12-31-20/h1-13H,(H,23,26)(H,24,27). The molecule has 0 radical (unpaired) electrons. The van der Waals surface area contributed by atoms with Crippen molar-refractivity contribution >= 4 is 40.2 Å². The number of nitrogens with one attached hydrogen (secondary N) is 2. The molecule has 0 spiro atoms. The minimum Gasteiger partial charge on any atom is -0.451 e. The second-order valence-corrected chi connectivity index (χ2v) is 7.38. The quantitative estimate of drug-likeness (QED) is 0.311. The number of thiophene rings is 1. The number of amides is 2. The van der Waals surface area contributed by atoms with Gasteiger partial charge in [0.05, 0.1) is 9.80 Å². The topological polar surface area (TPSA) is 114 Å². The molecule has 31 heavy (non-hydrogen) atoms. The summed E-state index contributed by atoms with van der Waals surface area (Å²) < 4.78 is 5.57. The van der Waals surface area contributed by atoms with E-state index in [0.717, 1.165) is 0 Å². The van der Waals surface area contributed by atoms with Crippen molar-refractivity contribution in [2.45, 2.75) is 0 Å². The highest BCUT2D eigenvalue weighted by atomic mass is 32.1. The average molecular weight is 433 g/mol. The number of carbonyl (C=O) groups is 2. The lowest BCUT2D eigenvalue weighted by molar-refractivity contribution is -0.384. The molecule has 2 N–H and O–H groups in total. The van der Waals surface area contributed by atoms with Gasteiger partial charge < -0.3 is 15.1 Å². The van der Waals surface area contributed by atoms with Crippen molar-refractivity contribution in [2.75, 3.05) is 10.6 Å². The van der Waals surface area contributed by atoms with Gasteiger partial charge in [-0.05, 0) is 47.8 Å². The second kappa shape index (κ2) is 8.64. The van der Waals surface area contributed by atoms with E-state index < -0.39 is 10.8 Å². The van der Waals surface area contributed by atoms with Crippen molar-refractivity contribution in [1.82, 2.24) is 0 Å². The van der Waals surface area contributed by atoms with E-state index in [1.807, 2.05) is 5.38 Å². The van der Waals surface area contributed by atoms with Crippen LogP contribution in [0.3, 0.4) is 0 Å². The number of benzene rings is 2. The highest BCUT2D eigenvalue weighted by molar-refractivity contribution is 7.12. The summed E-state index contributed by atoms with van der Waals surface area (Å²) >= 11 is 1.35. The van der Waals surface area contributed by atoms with Crippen molar-refractivity contribution in [3.05, 3.63) is 98.9 Å². The third-order valence-corrected chi connectivity index (χ3v) is 5.19. The number of nitro groups is 1. The summed E-state index contributed by atoms with van der Waals surface area (Å²) in [5.74, 6) is -0.250. The average Bonchev–Trinajstić information content (AvgIpc) is 3.48. The van der Waals surface area contributed by atoms with Crippen LogP contribution in [0.25, 0.3) is 11.3 Å². The van der Waals surface area contributed by atoms with E-state index in [9.17, 15) is 19.7 Å². The molecule has 2 heterocycles. The number of carbonyl (C=O) groups excluding carboxylic acids is 2. The lowest BCUT2D eigenvalue weighted by Gasteiger charge is -2.06. The molecule has 0 aliphatic heterocycles. The summed E-state index contributed by atoms with van der Waals surface area (Å²) in [6, 6.07) is 19.3. The van der Waals surface area contributed by atoms with Crippen LogP contribution in [0, 0.1) is 10.1 Å². The fourth-order valence-electron chi connectivity index (χ4n) is 2.82. The Balaban J connectivity index is 1.41. The van der Waals surface area contributed by atoms with Gasteiger partial charge in [0.1, 0.15) is 5.76 Å². The SMILES string of the molecule is O=C(Nc1ccc(NC(=O)c2cccs2)cc1)c1ccc(-c2cccc([N+](=O)[O-])c2)o1. The fourth-order valence-corrected chi connectivity index (χ4v) is 3.44. The van der Waals surface area contributed by atoms with Gasteiger partial charge >= 0.3 is 0 Å². The van der Waals surface area contributed by atoms with E-state index in [-0.39, 0.29) is 17.4 Å². The molecule has 0 atom stereocenters. The van der Waals surface area contributed by atoms with Crippen molar-refractivity contribution in [3.8, 4) is 11.3 Å². The van der Waals surface area contributed by atoms with Gasteiger partial charge in [0.25, 0.3) is 17.5 Å². The highest BCUT2D eigenvalue weighted by Crippen LogP contribution is 2.26. The van der Waals surface area contributed by atoms with Crippen LogP contribution in [0.5, 0.6) is 0 Å². The predicted molar refractivity (Wildman–Crippen MR) is 117 cm³/mol. The Morgan fingerprint density at radius 3 is 2.23 bits per heavy atom. The first-order valence-electron chi connectivity index (χ1n) is 9.10. The first kappa shape index (κ1) is 20.0. The molecular formula is C22H15N3O5S. The van der Waals surface area contributed by atoms with Crippen molar-refractivity contribution in [3.63, 3.8) is 0 Å². The van der Waals surface area contributed by atoms with Crippen molar-refractivity contribution < 1.29 is 18.9 Å².